The first kappa shape index (κ1) is 12.2. The van der Waals surface area contributed by atoms with E-state index in [1.807, 2.05) is 6.92 Å². The third kappa shape index (κ3) is 2.88. The molecule has 0 atom stereocenters. The molecule has 0 bridgehead atoms. The number of hydrogen-bond acceptors (Lipinski definition) is 4. The number of rotatable bonds is 4. The van der Waals surface area contributed by atoms with Crippen LogP contribution in [-0.2, 0) is 11.3 Å². The molecule has 90 valence electrons. The molecule has 1 heterocycles. The number of aryl methyl sites for hydroxylation is 1. The predicted molar refractivity (Wildman–Crippen MR) is 66.1 cm³/mol. The summed E-state index contributed by atoms with van der Waals surface area (Å²) in [5.74, 6) is 4.75. The highest BCUT2D eigenvalue weighted by Crippen LogP contribution is 2.27. The summed E-state index contributed by atoms with van der Waals surface area (Å²) in [6.07, 6.45) is 0.698. The molecule has 0 saturated carbocycles. The summed E-state index contributed by atoms with van der Waals surface area (Å²) >= 11 is 1.61. The van der Waals surface area contributed by atoms with Crippen LogP contribution < -0.4 is 5.90 Å². The molecule has 0 saturated heterocycles. The van der Waals surface area contributed by atoms with Gasteiger partial charge in [0.2, 0.25) is 0 Å². The minimum atomic E-state index is -0.238. The van der Waals surface area contributed by atoms with Crippen LogP contribution in [0.1, 0.15) is 9.88 Å². The van der Waals surface area contributed by atoms with Crippen molar-refractivity contribution in [2.75, 3.05) is 6.61 Å². The van der Waals surface area contributed by atoms with Crippen LogP contribution >= 0.6 is 11.3 Å². The Morgan fingerprint density at radius 2 is 2.06 bits per heavy atom. The number of nitrogens with zero attached hydrogens (tertiary/aromatic N) is 1. The Hall–Kier alpha value is -1.30. The lowest BCUT2D eigenvalue weighted by atomic mass is 10.1. The zero-order valence-corrected chi connectivity index (χ0v) is 10.3. The fraction of sp³-hybridized carbons (Fsp3) is 0.250. The van der Waals surface area contributed by atoms with Gasteiger partial charge in [0.15, 0.2) is 0 Å². The van der Waals surface area contributed by atoms with E-state index >= 15 is 0 Å². The van der Waals surface area contributed by atoms with E-state index in [4.69, 9.17) is 5.90 Å². The van der Waals surface area contributed by atoms with Crippen molar-refractivity contribution in [3.63, 3.8) is 0 Å². The van der Waals surface area contributed by atoms with Crippen molar-refractivity contribution in [2.24, 2.45) is 5.90 Å². The molecule has 0 unspecified atom stereocenters. The highest BCUT2D eigenvalue weighted by molar-refractivity contribution is 7.12. The molecule has 0 amide bonds. The molecule has 0 spiro atoms. The Labute approximate surface area is 103 Å². The van der Waals surface area contributed by atoms with Gasteiger partial charge in [-0.05, 0) is 31.2 Å². The standard InChI is InChI=1S/C12H13FN2OS/c1-8-12(9-2-4-10(13)5-3-9)15-11(17-8)6-7-16-14/h2-5H,6-7,14H2,1H3. The molecule has 3 nitrogen and oxygen atoms in total. The Kier molecular flexibility index (Phi) is 3.83. The van der Waals surface area contributed by atoms with Gasteiger partial charge in [-0.2, -0.15) is 0 Å². The monoisotopic (exact) mass is 252 g/mol. The van der Waals surface area contributed by atoms with Crippen LogP contribution in [0.5, 0.6) is 0 Å². The number of thiazole rings is 1. The summed E-state index contributed by atoms with van der Waals surface area (Å²) in [4.78, 5) is 10.2. The molecule has 0 aliphatic heterocycles. The summed E-state index contributed by atoms with van der Waals surface area (Å²) in [6.45, 7) is 2.46. The van der Waals surface area contributed by atoms with Gasteiger partial charge in [0, 0.05) is 16.9 Å². The molecule has 5 heteroatoms. The second-order valence-electron chi connectivity index (χ2n) is 3.64. The normalized spacial score (nSPS) is 10.8. The molecule has 1 aromatic heterocycles. The molecule has 0 fully saturated rings. The molecule has 17 heavy (non-hydrogen) atoms. The Balaban J connectivity index is 2.26. The molecular formula is C12H13FN2OS. The lowest BCUT2D eigenvalue weighted by Gasteiger charge is -1.98. The summed E-state index contributed by atoms with van der Waals surface area (Å²) in [5, 5.41) is 0.979. The van der Waals surface area contributed by atoms with Crippen molar-refractivity contribution in [1.29, 1.82) is 0 Å². The Morgan fingerprint density at radius 3 is 2.71 bits per heavy atom. The van der Waals surface area contributed by atoms with Crippen molar-refractivity contribution >= 4 is 11.3 Å². The van der Waals surface area contributed by atoms with Gasteiger partial charge in [0.25, 0.3) is 0 Å². The van der Waals surface area contributed by atoms with Crippen LogP contribution in [0, 0.1) is 12.7 Å². The fourth-order valence-electron chi connectivity index (χ4n) is 1.58. The molecule has 0 aliphatic rings. The van der Waals surface area contributed by atoms with Gasteiger partial charge in [-0.25, -0.2) is 15.3 Å². The van der Waals surface area contributed by atoms with Crippen LogP contribution in [0.4, 0.5) is 4.39 Å². The average Bonchev–Trinajstić information content (AvgIpc) is 2.69. The maximum absolute atomic E-state index is 12.8. The van der Waals surface area contributed by atoms with Gasteiger partial charge >= 0.3 is 0 Å². The number of benzene rings is 1. The number of hydrogen-bond donors (Lipinski definition) is 1. The third-order valence-electron chi connectivity index (χ3n) is 2.39. The molecule has 2 rings (SSSR count). The van der Waals surface area contributed by atoms with Crippen LogP contribution in [0.3, 0.4) is 0 Å². The minimum Gasteiger partial charge on any atom is -0.304 e. The summed E-state index contributed by atoms with van der Waals surface area (Å²) < 4.78 is 12.8. The van der Waals surface area contributed by atoms with Gasteiger partial charge in [0.05, 0.1) is 17.3 Å². The van der Waals surface area contributed by atoms with Crippen molar-refractivity contribution in [2.45, 2.75) is 13.3 Å². The number of nitrogens with two attached hydrogens (primary N) is 1. The Morgan fingerprint density at radius 1 is 1.35 bits per heavy atom. The largest absolute Gasteiger partial charge is 0.304 e. The first-order chi connectivity index (χ1) is 8.20. The van der Waals surface area contributed by atoms with Gasteiger partial charge < -0.3 is 4.84 Å². The summed E-state index contributed by atoms with van der Waals surface area (Å²) in [7, 11) is 0. The smallest absolute Gasteiger partial charge is 0.123 e. The van der Waals surface area contributed by atoms with Crippen LogP contribution in [0.2, 0.25) is 0 Å². The average molecular weight is 252 g/mol. The Bertz CT molecular complexity index is 496. The zero-order valence-electron chi connectivity index (χ0n) is 9.44. The van der Waals surface area contributed by atoms with E-state index < -0.39 is 0 Å². The van der Waals surface area contributed by atoms with Gasteiger partial charge in [0.1, 0.15) is 5.82 Å². The second-order valence-corrected chi connectivity index (χ2v) is 4.93. The molecule has 2 aromatic rings. The van der Waals surface area contributed by atoms with E-state index in [1.165, 1.54) is 12.1 Å². The highest BCUT2D eigenvalue weighted by atomic mass is 32.1. The van der Waals surface area contributed by atoms with E-state index in [2.05, 4.69) is 9.82 Å². The van der Waals surface area contributed by atoms with E-state index in [0.29, 0.717) is 13.0 Å². The zero-order chi connectivity index (χ0) is 12.3. The van der Waals surface area contributed by atoms with Crippen molar-refractivity contribution in [3.8, 4) is 11.3 Å². The van der Waals surface area contributed by atoms with Crippen LogP contribution in [-0.4, -0.2) is 11.6 Å². The maximum Gasteiger partial charge on any atom is 0.123 e. The topological polar surface area (TPSA) is 48.1 Å². The minimum absolute atomic E-state index is 0.238. The van der Waals surface area contributed by atoms with Crippen LogP contribution in [0.15, 0.2) is 24.3 Å². The van der Waals surface area contributed by atoms with E-state index in [0.717, 1.165) is 21.1 Å². The molecule has 0 aliphatic carbocycles. The first-order valence-electron chi connectivity index (χ1n) is 5.24. The number of halogens is 1. The van der Waals surface area contributed by atoms with Crippen molar-refractivity contribution < 1.29 is 9.23 Å². The van der Waals surface area contributed by atoms with Crippen molar-refractivity contribution in [1.82, 2.24) is 4.98 Å². The lowest BCUT2D eigenvalue weighted by molar-refractivity contribution is 0.141. The lowest BCUT2D eigenvalue weighted by Crippen LogP contribution is -2.03. The van der Waals surface area contributed by atoms with Gasteiger partial charge in [-0.1, -0.05) is 0 Å². The van der Waals surface area contributed by atoms with Crippen molar-refractivity contribution in [3.05, 3.63) is 40.0 Å². The molecule has 1 aromatic carbocycles. The van der Waals surface area contributed by atoms with Gasteiger partial charge in [-0.15, -0.1) is 11.3 Å². The molecule has 2 N–H and O–H groups in total. The van der Waals surface area contributed by atoms with E-state index in [-0.39, 0.29) is 5.82 Å². The first-order valence-corrected chi connectivity index (χ1v) is 6.06. The SMILES string of the molecule is Cc1sc(CCON)nc1-c1ccc(F)cc1. The fourth-order valence-corrected chi connectivity index (χ4v) is 2.52. The number of aromatic nitrogens is 1. The van der Waals surface area contributed by atoms with E-state index in [1.54, 1.807) is 23.5 Å². The van der Waals surface area contributed by atoms with Crippen LogP contribution in [0.25, 0.3) is 11.3 Å². The predicted octanol–water partition coefficient (Wildman–Crippen LogP) is 2.69. The quantitative estimate of drug-likeness (QED) is 0.851. The summed E-state index contributed by atoms with van der Waals surface area (Å²) in [5.41, 5.74) is 1.84. The maximum atomic E-state index is 12.8. The van der Waals surface area contributed by atoms with E-state index in [9.17, 15) is 4.39 Å². The molecular weight excluding hydrogens is 239 g/mol. The second kappa shape index (κ2) is 5.35. The third-order valence-corrected chi connectivity index (χ3v) is 3.42. The molecule has 0 radical (unpaired) electrons. The van der Waals surface area contributed by atoms with Gasteiger partial charge in [-0.3, -0.25) is 0 Å². The summed E-state index contributed by atoms with van der Waals surface area (Å²) in [6, 6.07) is 6.36. The highest BCUT2D eigenvalue weighted by Gasteiger charge is 2.09.